The van der Waals surface area contributed by atoms with Crippen LogP contribution in [0.4, 0.5) is 4.79 Å². The van der Waals surface area contributed by atoms with Crippen LogP contribution in [0.25, 0.3) is 0 Å². The number of amides is 1. The molecule has 152 valence electrons. The van der Waals surface area contributed by atoms with Crippen molar-refractivity contribution in [2.24, 2.45) is 4.99 Å². The zero-order valence-corrected chi connectivity index (χ0v) is 17.2. The number of guanidine groups is 1. The molecule has 7 heteroatoms. The van der Waals surface area contributed by atoms with Crippen LogP contribution in [-0.4, -0.2) is 50.9 Å². The summed E-state index contributed by atoms with van der Waals surface area (Å²) in [6.45, 7) is 10.2. The fraction of sp³-hybridized carbons (Fsp3) is 0.600. The van der Waals surface area contributed by atoms with E-state index in [0.717, 1.165) is 43.2 Å². The van der Waals surface area contributed by atoms with Gasteiger partial charge in [0.1, 0.15) is 11.4 Å². The normalized spacial score (nSPS) is 11.7. The Kier molecular flexibility index (Phi) is 10.1. The minimum Gasteiger partial charge on any atom is -0.496 e. The third-order valence-corrected chi connectivity index (χ3v) is 3.50. The first kappa shape index (κ1) is 22.6. The summed E-state index contributed by atoms with van der Waals surface area (Å²) in [5, 5.41) is 9.28. The molecule has 1 aromatic rings. The molecular weight excluding hydrogens is 344 g/mol. The van der Waals surface area contributed by atoms with Gasteiger partial charge in [0.15, 0.2) is 5.96 Å². The number of rotatable bonds is 9. The zero-order valence-electron chi connectivity index (χ0n) is 17.2. The largest absolute Gasteiger partial charge is 0.496 e. The first-order chi connectivity index (χ1) is 12.9. The summed E-state index contributed by atoms with van der Waals surface area (Å²) in [4.78, 5) is 16.1. The number of benzene rings is 1. The number of carbonyl (C=O) groups is 1. The highest BCUT2D eigenvalue weighted by atomic mass is 16.6. The van der Waals surface area contributed by atoms with Crippen molar-refractivity contribution in [1.82, 2.24) is 16.0 Å². The molecule has 0 spiro atoms. The highest BCUT2D eigenvalue weighted by Crippen LogP contribution is 2.17. The van der Waals surface area contributed by atoms with Gasteiger partial charge in [-0.3, -0.25) is 4.99 Å². The number of carbonyl (C=O) groups excluding carboxylic acids is 1. The van der Waals surface area contributed by atoms with Crippen molar-refractivity contribution >= 4 is 12.1 Å². The number of methoxy groups -OCH3 is 1. The third kappa shape index (κ3) is 10.3. The molecule has 0 aliphatic heterocycles. The van der Waals surface area contributed by atoms with E-state index in [2.05, 4.69) is 27.0 Å². The van der Waals surface area contributed by atoms with Gasteiger partial charge in [0.05, 0.1) is 7.11 Å². The van der Waals surface area contributed by atoms with Crippen molar-refractivity contribution < 1.29 is 14.3 Å². The zero-order chi connectivity index (χ0) is 20.1. The van der Waals surface area contributed by atoms with Gasteiger partial charge in [0, 0.05) is 26.2 Å². The van der Waals surface area contributed by atoms with E-state index in [-0.39, 0.29) is 0 Å². The number of hydrogen-bond donors (Lipinski definition) is 3. The summed E-state index contributed by atoms with van der Waals surface area (Å²) in [7, 11) is 1.68. The lowest BCUT2D eigenvalue weighted by Crippen LogP contribution is -2.38. The Hall–Kier alpha value is -2.44. The molecule has 0 unspecified atom stereocenters. The fourth-order valence-electron chi connectivity index (χ4n) is 2.34. The second-order valence-corrected chi connectivity index (χ2v) is 7.03. The molecule has 0 radical (unpaired) electrons. The molecule has 27 heavy (non-hydrogen) atoms. The molecule has 0 saturated heterocycles. The van der Waals surface area contributed by atoms with Crippen LogP contribution in [0.2, 0.25) is 0 Å². The summed E-state index contributed by atoms with van der Waals surface area (Å²) >= 11 is 0. The minimum absolute atomic E-state index is 0.395. The summed E-state index contributed by atoms with van der Waals surface area (Å²) < 4.78 is 10.6. The number of nitrogens with zero attached hydrogens (tertiary/aromatic N) is 1. The van der Waals surface area contributed by atoms with Crippen LogP contribution in [0.3, 0.4) is 0 Å². The standard InChI is InChI=1S/C20H34N4O3/c1-6-21-18(22-13-9-14-24-19(25)27-20(2,3)4)23-15-12-16-10-7-8-11-17(16)26-5/h7-8,10-11H,6,9,12-15H2,1-5H3,(H,24,25)(H2,21,22,23). The molecule has 7 nitrogen and oxygen atoms in total. The molecule has 1 aromatic carbocycles. The van der Waals surface area contributed by atoms with Gasteiger partial charge in [-0.1, -0.05) is 18.2 Å². The molecule has 0 bridgehead atoms. The number of nitrogens with one attached hydrogen (secondary N) is 3. The first-order valence-corrected chi connectivity index (χ1v) is 9.46. The van der Waals surface area contributed by atoms with Crippen molar-refractivity contribution in [2.45, 2.75) is 46.1 Å². The maximum absolute atomic E-state index is 11.6. The maximum atomic E-state index is 11.6. The molecular formula is C20H34N4O3. The van der Waals surface area contributed by atoms with Gasteiger partial charge < -0.3 is 25.4 Å². The molecule has 1 rings (SSSR count). The van der Waals surface area contributed by atoms with Crippen LogP contribution < -0.4 is 20.7 Å². The molecule has 0 fully saturated rings. The van der Waals surface area contributed by atoms with Crippen LogP contribution in [0.5, 0.6) is 5.75 Å². The number of ether oxygens (including phenoxy) is 2. The number of aliphatic imine (C=N–C) groups is 1. The smallest absolute Gasteiger partial charge is 0.407 e. The second-order valence-electron chi connectivity index (χ2n) is 7.03. The number of hydrogen-bond acceptors (Lipinski definition) is 4. The van der Waals surface area contributed by atoms with Crippen molar-refractivity contribution in [3.05, 3.63) is 29.8 Å². The van der Waals surface area contributed by atoms with Crippen molar-refractivity contribution in [3.8, 4) is 5.75 Å². The third-order valence-electron chi connectivity index (χ3n) is 3.50. The van der Waals surface area contributed by atoms with Crippen molar-refractivity contribution in [3.63, 3.8) is 0 Å². The van der Waals surface area contributed by atoms with E-state index in [9.17, 15) is 4.79 Å². The number of para-hydroxylation sites is 1. The van der Waals surface area contributed by atoms with E-state index >= 15 is 0 Å². The SMILES string of the molecule is CCNC(=NCCCNC(=O)OC(C)(C)C)NCCc1ccccc1OC. The lowest BCUT2D eigenvalue weighted by molar-refractivity contribution is 0.0527. The fourth-order valence-corrected chi connectivity index (χ4v) is 2.34. The molecule has 0 aliphatic carbocycles. The molecule has 3 N–H and O–H groups in total. The predicted molar refractivity (Wildman–Crippen MR) is 110 cm³/mol. The Balaban J connectivity index is 2.34. The van der Waals surface area contributed by atoms with E-state index in [1.807, 2.05) is 45.9 Å². The van der Waals surface area contributed by atoms with E-state index in [1.54, 1.807) is 7.11 Å². The molecule has 0 aromatic heterocycles. The van der Waals surface area contributed by atoms with Gasteiger partial charge >= 0.3 is 6.09 Å². The molecule has 0 aliphatic rings. The summed E-state index contributed by atoms with van der Waals surface area (Å²) in [5.41, 5.74) is 0.677. The van der Waals surface area contributed by atoms with Crippen LogP contribution in [-0.2, 0) is 11.2 Å². The summed E-state index contributed by atoms with van der Waals surface area (Å²) in [6, 6.07) is 8.00. The second kappa shape index (κ2) is 12.0. The Morgan fingerprint density at radius 3 is 2.52 bits per heavy atom. The Morgan fingerprint density at radius 2 is 1.85 bits per heavy atom. The highest BCUT2D eigenvalue weighted by Gasteiger charge is 2.15. The van der Waals surface area contributed by atoms with Gasteiger partial charge in [0.2, 0.25) is 0 Å². The van der Waals surface area contributed by atoms with Gasteiger partial charge in [-0.25, -0.2) is 4.79 Å². The van der Waals surface area contributed by atoms with Crippen molar-refractivity contribution in [1.29, 1.82) is 0 Å². The van der Waals surface area contributed by atoms with Gasteiger partial charge in [-0.2, -0.15) is 0 Å². The quantitative estimate of drug-likeness (QED) is 0.350. The molecule has 0 heterocycles. The van der Waals surface area contributed by atoms with Gasteiger partial charge in [0.25, 0.3) is 0 Å². The summed E-state index contributed by atoms with van der Waals surface area (Å²) in [5.74, 6) is 1.67. The predicted octanol–water partition coefficient (Wildman–Crippen LogP) is 2.71. The molecule has 1 amide bonds. The van der Waals surface area contributed by atoms with Gasteiger partial charge in [-0.15, -0.1) is 0 Å². The van der Waals surface area contributed by atoms with Crippen LogP contribution in [0.15, 0.2) is 29.3 Å². The first-order valence-electron chi connectivity index (χ1n) is 9.46. The highest BCUT2D eigenvalue weighted by molar-refractivity contribution is 5.79. The summed E-state index contributed by atoms with van der Waals surface area (Å²) in [6.07, 6.45) is 1.19. The Morgan fingerprint density at radius 1 is 1.11 bits per heavy atom. The molecule has 0 atom stereocenters. The maximum Gasteiger partial charge on any atom is 0.407 e. The lowest BCUT2D eigenvalue weighted by Gasteiger charge is -2.19. The topological polar surface area (TPSA) is 84.0 Å². The van der Waals surface area contributed by atoms with Gasteiger partial charge in [-0.05, 0) is 52.2 Å². The van der Waals surface area contributed by atoms with Crippen LogP contribution in [0, 0.1) is 0 Å². The lowest BCUT2D eigenvalue weighted by atomic mass is 10.1. The van der Waals surface area contributed by atoms with Crippen LogP contribution >= 0.6 is 0 Å². The monoisotopic (exact) mass is 378 g/mol. The van der Waals surface area contributed by atoms with E-state index in [0.29, 0.717) is 13.1 Å². The average Bonchev–Trinajstić information content (AvgIpc) is 2.60. The van der Waals surface area contributed by atoms with E-state index in [1.165, 1.54) is 0 Å². The number of alkyl carbamates (subject to hydrolysis) is 1. The Bertz CT molecular complexity index is 597. The minimum atomic E-state index is -0.480. The van der Waals surface area contributed by atoms with E-state index in [4.69, 9.17) is 9.47 Å². The Labute approximate surface area is 162 Å². The molecule has 0 saturated carbocycles. The average molecular weight is 379 g/mol. The van der Waals surface area contributed by atoms with E-state index < -0.39 is 11.7 Å². The van der Waals surface area contributed by atoms with Crippen LogP contribution in [0.1, 0.15) is 39.7 Å². The van der Waals surface area contributed by atoms with Crippen molar-refractivity contribution in [2.75, 3.05) is 33.3 Å².